The van der Waals surface area contributed by atoms with E-state index in [2.05, 4.69) is 36.7 Å². The van der Waals surface area contributed by atoms with Crippen molar-refractivity contribution in [3.05, 3.63) is 53.1 Å². The largest absolute Gasteiger partial charge is 0.450 e. The van der Waals surface area contributed by atoms with Gasteiger partial charge >= 0.3 is 6.09 Å². The number of hydrazine groups is 1. The van der Waals surface area contributed by atoms with Gasteiger partial charge in [0, 0.05) is 17.3 Å². The minimum atomic E-state index is -0.533. The molecule has 6 nitrogen and oxygen atoms in total. The van der Waals surface area contributed by atoms with Crippen LogP contribution in [-0.2, 0) is 17.6 Å². The number of benzene rings is 2. The number of rotatable bonds is 5. The van der Waals surface area contributed by atoms with Crippen molar-refractivity contribution >= 4 is 28.9 Å². The Balaban J connectivity index is 2.16. The Morgan fingerprint density at radius 2 is 1.89 bits per heavy atom. The maximum absolute atomic E-state index is 12.4. The first kappa shape index (κ1) is 19.9. The van der Waals surface area contributed by atoms with Crippen LogP contribution in [0.2, 0.25) is 0 Å². The first-order valence-electron chi connectivity index (χ1n) is 9.66. The second kappa shape index (κ2) is 8.44. The van der Waals surface area contributed by atoms with E-state index in [1.165, 1.54) is 5.56 Å². The van der Waals surface area contributed by atoms with Crippen LogP contribution in [0.4, 0.5) is 21.9 Å². The Labute approximate surface area is 165 Å². The van der Waals surface area contributed by atoms with Crippen molar-refractivity contribution < 1.29 is 14.3 Å². The molecule has 2 aromatic carbocycles. The van der Waals surface area contributed by atoms with E-state index in [0.29, 0.717) is 11.3 Å². The molecule has 0 aromatic heterocycles. The molecule has 148 valence electrons. The van der Waals surface area contributed by atoms with Crippen molar-refractivity contribution in [3.8, 4) is 0 Å². The molecule has 2 N–H and O–H groups in total. The van der Waals surface area contributed by atoms with Gasteiger partial charge in [-0.2, -0.15) is 0 Å². The highest BCUT2D eigenvalue weighted by Crippen LogP contribution is 2.38. The zero-order valence-electron chi connectivity index (χ0n) is 16.8. The molecule has 0 unspecified atom stereocenters. The first-order chi connectivity index (χ1) is 13.4. The van der Waals surface area contributed by atoms with Gasteiger partial charge in [-0.05, 0) is 69.9 Å². The van der Waals surface area contributed by atoms with Crippen LogP contribution in [0.5, 0.6) is 0 Å². The van der Waals surface area contributed by atoms with Gasteiger partial charge in [0.1, 0.15) is 0 Å². The number of amides is 1. The summed E-state index contributed by atoms with van der Waals surface area (Å²) in [6, 6.07) is 12.0. The summed E-state index contributed by atoms with van der Waals surface area (Å²) in [4.78, 5) is 24.4. The van der Waals surface area contributed by atoms with E-state index in [0.717, 1.165) is 29.8 Å². The number of Topliss-reactive ketones (excluding diaryl/α,β-unsaturated/α-hetero) is 1. The molecule has 28 heavy (non-hydrogen) atoms. The van der Waals surface area contributed by atoms with Crippen LogP contribution in [-0.4, -0.2) is 24.5 Å². The highest BCUT2D eigenvalue weighted by Gasteiger charge is 2.25. The lowest BCUT2D eigenvalue weighted by atomic mass is 9.96. The molecule has 0 saturated carbocycles. The predicted octanol–water partition coefficient (Wildman–Crippen LogP) is 4.61. The lowest BCUT2D eigenvalue weighted by Crippen LogP contribution is -2.39. The molecular weight excluding hydrogens is 354 g/mol. The number of carbonyl (C=O) groups excluding carboxylic acids is 2. The number of anilines is 3. The molecule has 1 aliphatic rings. The minimum Gasteiger partial charge on any atom is -0.450 e. The predicted molar refractivity (Wildman–Crippen MR) is 111 cm³/mol. The monoisotopic (exact) mass is 381 g/mol. The van der Waals surface area contributed by atoms with Gasteiger partial charge in [0.15, 0.2) is 5.78 Å². The summed E-state index contributed by atoms with van der Waals surface area (Å²) in [7, 11) is 0. The quantitative estimate of drug-likeness (QED) is 0.740. The number of hydrogen-bond acceptors (Lipinski definition) is 5. The minimum absolute atomic E-state index is 0.0285. The molecule has 0 saturated heterocycles. The van der Waals surface area contributed by atoms with Gasteiger partial charge < -0.3 is 4.74 Å². The van der Waals surface area contributed by atoms with E-state index in [4.69, 9.17) is 4.74 Å². The van der Waals surface area contributed by atoms with Crippen LogP contribution in [0.15, 0.2) is 36.4 Å². The number of ether oxygens (including phenoxy) is 1. The summed E-state index contributed by atoms with van der Waals surface area (Å²) in [5.74, 6) is -0.0285. The lowest BCUT2D eigenvalue weighted by Gasteiger charge is -2.30. The molecule has 0 spiro atoms. The molecule has 1 amide bonds. The molecule has 6 heteroatoms. The normalized spacial score (nSPS) is 12.8. The molecular formula is C22H27N3O3. The van der Waals surface area contributed by atoms with E-state index >= 15 is 0 Å². The topological polar surface area (TPSA) is 70.7 Å². The van der Waals surface area contributed by atoms with E-state index in [1.54, 1.807) is 19.9 Å². The highest BCUT2D eigenvalue weighted by molar-refractivity contribution is 6.00. The third kappa shape index (κ3) is 4.17. The molecule has 1 heterocycles. The molecule has 3 rings (SSSR count). The summed E-state index contributed by atoms with van der Waals surface area (Å²) < 4.78 is 5.00. The molecule has 0 aliphatic carbocycles. The molecule has 1 aliphatic heterocycles. The molecule has 0 atom stereocenters. The fourth-order valence-electron chi connectivity index (χ4n) is 3.52. The van der Waals surface area contributed by atoms with Crippen molar-refractivity contribution in [2.75, 3.05) is 16.9 Å². The number of hydrogen-bond donors (Lipinski definition) is 2. The number of ketones is 1. The number of aryl methyl sites for hydroxylation is 1. The summed E-state index contributed by atoms with van der Waals surface area (Å²) in [5.41, 5.74) is 8.76. The number of nitrogens with zero attached hydrogens (tertiary/aromatic N) is 1. The Kier molecular flexibility index (Phi) is 5.99. The van der Waals surface area contributed by atoms with Crippen molar-refractivity contribution in [1.29, 1.82) is 0 Å². The summed E-state index contributed by atoms with van der Waals surface area (Å²) >= 11 is 0. The number of carbonyl (C=O) groups is 2. The third-order valence-electron chi connectivity index (χ3n) is 4.63. The van der Waals surface area contributed by atoms with Crippen molar-refractivity contribution in [2.24, 2.45) is 0 Å². The fraction of sp³-hybridized carbons (Fsp3) is 0.364. The third-order valence-corrected chi connectivity index (χ3v) is 4.63. The summed E-state index contributed by atoms with van der Waals surface area (Å²) in [6.45, 7) is 7.73. The van der Waals surface area contributed by atoms with Gasteiger partial charge in [0.25, 0.3) is 0 Å². The van der Waals surface area contributed by atoms with E-state index in [-0.39, 0.29) is 18.4 Å². The molecule has 0 radical (unpaired) electrons. The van der Waals surface area contributed by atoms with Crippen molar-refractivity contribution in [2.45, 2.75) is 46.6 Å². The number of fused-ring (bicyclic) bond motifs is 2. The van der Waals surface area contributed by atoms with Crippen molar-refractivity contribution in [1.82, 2.24) is 5.43 Å². The maximum Gasteiger partial charge on any atom is 0.411 e. The Morgan fingerprint density at radius 3 is 2.57 bits per heavy atom. The van der Waals surface area contributed by atoms with Gasteiger partial charge in [0.2, 0.25) is 0 Å². The van der Waals surface area contributed by atoms with Gasteiger partial charge in [0.05, 0.1) is 18.0 Å². The fourth-order valence-corrected chi connectivity index (χ4v) is 3.52. The average Bonchev–Trinajstić information content (AvgIpc) is 2.79. The van der Waals surface area contributed by atoms with Crippen LogP contribution in [0.25, 0.3) is 0 Å². The number of para-hydroxylation sites is 1. The van der Waals surface area contributed by atoms with Crippen LogP contribution >= 0.6 is 0 Å². The Morgan fingerprint density at radius 1 is 1.14 bits per heavy atom. The molecule has 0 fully saturated rings. The maximum atomic E-state index is 12.4. The Hall–Kier alpha value is -2.86. The van der Waals surface area contributed by atoms with Gasteiger partial charge in [-0.3, -0.25) is 15.1 Å². The lowest BCUT2D eigenvalue weighted by molar-refractivity contribution is 0.101. The van der Waals surface area contributed by atoms with Gasteiger partial charge in [-0.1, -0.05) is 18.2 Å². The van der Waals surface area contributed by atoms with Gasteiger partial charge in [-0.25, -0.2) is 10.2 Å². The number of nitrogens with one attached hydrogen (secondary N) is 2. The van der Waals surface area contributed by atoms with E-state index < -0.39 is 6.09 Å². The van der Waals surface area contributed by atoms with E-state index in [1.807, 2.05) is 23.2 Å². The highest BCUT2D eigenvalue weighted by atomic mass is 16.5. The van der Waals surface area contributed by atoms with Crippen molar-refractivity contribution in [3.63, 3.8) is 0 Å². The SMILES string of the molecule is CCOC(=O)Nc1cc(C(C)=O)c2c(c1)N(NC(C)C)c1ccccc1CC2. The second-order valence-corrected chi connectivity index (χ2v) is 7.17. The van der Waals surface area contributed by atoms with Gasteiger partial charge in [-0.15, -0.1) is 0 Å². The summed E-state index contributed by atoms with van der Waals surface area (Å²) in [6.07, 6.45) is 1.05. The van der Waals surface area contributed by atoms with E-state index in [9.17, 15) is 9.59 Å². The zero-order chi connectivity index (χ0) is 20.3. The van der Waals surface area contributed by atoms with Crippen LogP contribution < -0.4 is 15.8 Å². The van der Waals surface area contributed by atoms with Crippen LogP contribution in [0.3, 0.4) is 0 Å². The van der Waals surface area contributed by atoms with Crippen LogP contribution in [0.1, 0.15) is 49.2 Å². The smallest absolute Gasteiger partial charge is 0.411 e. The zero-order valence-corrected chi connectivity index (χ0v) is 16.8. The summed E-state index contributed by atoms with van der Waals surface area (Å²) in [5, 5.41) is 4.77. The molecule has 0 bridgehead atoms. The second-order valence-electron chi connectivity index (χ2n) is 7.17. The Bertz CT molecular complexity index is 893. The molecule has 2 aromatic rings. The first-order valence-corrected chi connectivity index (χ1v) is 9.66. The average molecular weight is 381 g/mol. The standard InChI is InChI=1S/C22H27N3O3/c1-5-28-22(27)23-17-12-19(15(4)26)18-11-10-16-8-6-7-9-20(16)25(21(18)13-17)24-14(2)3/h6-9,12-14,24H,5,10-11H2,1-4H3,(H,23,27). The van der Waals surface area contributed by atoms with Crippen LogP contribution in [0, 0.1) is 0 Å².